The van der Waals surface area contributed by atoms with E-state index in [0.717, 1.165) is 40.4 Å². The molecule has 2 aromatic carbocycles. The zero-order valence-electron chi connectivity index (χ0n) is 20.0. The molecule has 0 aliphatic rings. The normalized spacial score (nSPS) is 11.2. The molecular formula is C27H30N4O3. The van der Waals surface area contributed by atoms with Crippen molar-refractivity contribution in [2.45, 2.75) is 33.7 Å². The summed E-state index contributed by atoms with van der Waals surface area (Å²) in [4.78, 5) is 20.4. The number of nitrogens with one attached hydrogen (secondary N) is 1. The summed E-state index contributed by atoms with van der Waals surface area (Å²) in [5, 5.41) is 14.1. The zero-order chi connectivity index (χ0) is 24.2. The highest BCUT2D eigenvalue weighted by atomic mass is 16.5. The van der Waals surface area contributed by atoms with Crippen molar-refractivity contribution in [1.82, 2.24) is 14.5 Å². The van der Waals surface area contributed by atoms with Crippen LogP contribution in [0.2, 0.25) is 0 Å². The molecule has 4 aromatic rings. The van der Waals surface area contributed by atoms with Gasteiger partial charge in [-0.05, 0) is 55.2 Å². The number of aromatic carboxylic acids is 1. The maximum atomic E-state index is 11.6. The van der Waals surface area contributed by atoms with Crippen LogP contribution in [-0.4, -0.2) is 39.3 Å². The lowest BCUT2D eigenvalue weighted by Gasteiger charge is -2.13. The van der Waals surface area contributed by atoms with E-state index in [-0.39, 0.29) is 0 Å². The first-order chi connectivity index (χ1) is 16.4. The summed E-state index contributed by atoms with van der Waals surface area (Å²) < 4.78 is 7.65. The van der Waals surface area contributed by atoms with E-state index in [1.807, 2.05) is 24.3 Å². The molecule has 0 aliphatic carbocycles. The van der Waals surface area contributed by atoms with Crippen molar-refractivity contribution >= 4 is 22.7 Å². The predicted molar refractivity (Wildman–Crippen MR) is 135 cm³/mol. The summed E-state index contributed by atoms with van der Waals surface area (Å²) in [5.74, 6) is 1.01. The SMILES string of the molecule is COc1ccc2cc(C)n(CCNc3cc(-c4ccc(C(=O)O)c(CC(C)C)c4)ncn3)c2c1. The molecular weight excluding hydrogens is 428 g/mol. The Morgan fingerprint density at radius 2 is 1.94 bits per heavy atom. The van der Waals surface area contributed by atoms with E-state index in [1.165, 1.54) is 17.4 Å². The number of rotatable bonds is 9. The Labute approximate surface area is 199 Å². The van der Waals surface area contributed by atoms with Crippen LogP contribution in [0.25, 0.3) is 22.2 Å². The Kier molecular flexibility index (Phi) is 6.82. The first kappa shape index (κ1) is 23.3. The third-order valence-electron chi connectivity index (χ3n) is 5.89. The number of ether oxygens (including phenoxy) is 1. The van der Waals surface area contributed by atoms with Crippen molar-refractivity contribution in [2.75, 3.05) is 19.0 Å². The number of carbonyl (C=O) groups is 1. The van der Waals surface area contributed by atoms with Crippen LogP contribution in [0.5, 0.6) is 5.75 Å². The van der Waals surface area contributed by atoms with Gasteiger partial charge < -0.3 is 19.7 Å². The van der Waals surface area contributed by atoms with Crippen molar-refractivity contribution in [3.05, 3.63) is 71.7 Å². The molecule has 0 bridgehead atoms. The molecule has 7 nitrogen and oxygen atoms in total. The smallest absolute Gasteiger partial charge is 0.335 e. The van der Waals surface area contributed by atoms with E-state index in [9.17, 15) is 9.90 Å². The van der Waals surface area contributed by atoms with Crippen LogP contribution in [0.15, 0.2) is 54.9 Å². The molecule has 34 heavy (non-hydrogen) atoms. The van der Waals surface area contributed by atoms with E-state index in [1.54, 1.807) is 13.2 Å². The Balaban J connectivity index is 1.51. The van der Waals surface area contributed by atoms with Gasteiger partial charge in [0.2, 0.25) is 0 Å². The molecule has 0 amide bonds. The number of methoxy groups -OCH3 is 1. The lowest BCUT2D eigenvalue weighted by molar-refractivity contribution is 0.0695. The number of fused-ring (bicyclic) bond motifs is 1. The number of aromatic nitrogens is 3. The number of carboxylic acids is 1. The molecule has 176 valence electrons. The van der Waals surface area contributed by atoms with Crippen molar-refractivity contribution in [3.8, 4) is 17.0 Å². The van der Waals surface area contributed by atoms with Gasteiger partial charge in [-0.3, -0.25) is 0 Å². The molecule has 0 spiro atoms. The van der Waals surface area contributed by atoms with Crippen molar-refractivity contribution in [2.24, 2.45) is 5.92 Å². The highest BCUT2D eigenvalue weighted by Crippen LogP contribution is 2.26. The minimum Gasteiger partial charge on any atom is -0.497 e. The van der Waals surface area contributed by atoms with E-state index in [4.69, 9.17) is 4.74 Å². The summed E-state index contributed by atoms with van der Waals surface area (Å²) in [5.41, 5.74) is 5.12. The second-order valence-corrected chi connectivity index (χ2v) is 8.85. The predicted octanol–water partition coefficient (Wildman–Crippen LogP) is 5.42. The molecule has 2 heterocycles. The van der Waals surface area contributed by atoms with Crippen LogP contribution in [0.1, 0.15) is 35.5 Å². The maximum Gasteiger partial charge on any atom is 0.335 e. The standard InChI is InChI=1S/C27H30N4O3/c1-17(2)11-21-13-19(6-8-23(21)27(32)33)24-15-26(30-16-29-24)28-9-10-31-18(3)12-20-5-7-22(34-4)14-25(20)31/h5-8,12-17H,9-11H2,1-4H3,(H,32,33)(H,28,29,30). The number of anilines is 1. The van der Waals surface area contributed by atoms with E-state index >= 15 is 0 Å². The van der Waals surface area contributed by atoms with Gasteiger partial charge in [-0.2, -0.15) is 0 Å². The number of aryl methyl sites for hydroxylation is 1. The minimum atomic E-state index is -0.905. The number of nitrogens with zero attached hydrogens (tertiary/aromatic N) is 3. The third-order valence-corrected chi connectivity index (χ3v) is 5.89. The molecule has 0 radical (unpaired) electrons. The van der Waals surface area contributed by atoms with E-state index < -0.39 is 5.97 Å². The lowest BCUT2D eigenvalue weighted by Crippen LogP contribution is -2.12. The van der Waals surface area contributed by atoms with Crippen LogP contribution in [0.3, 0.4) is 0 Å². The van der Waals surface area contributed by atoms with Crippen LogP contribution in [-0.2, 0) is 13.0 Å². The molecule has 0 aliphatic heterocycles. The average molecular weight is 459 g/mol. The minimum absolute atomic E-state index is 0.343. The van der Waals surface area contributed by atoms with Gasteiger partial charge in [-0.1, -0.05) is 19.9 Å². The fourth-order valence-corrected chi connectivity index (χ4v) is 4.27. The van der Waals surface area contributed by atoms with Gasteiger partial charge in [-0.15, -0.1) is 0 Å². The van der Waals surface area contributed by atoms with Gasteiger partial charge in [0.05, 0.1) is 23.9 Å². The molecule has 0 atom stereocenters. The fourth-order valence-electron chi connectivity index (χ4n) is 4.27. The molecule has 0 saturated carbocycles. The highest BCUT2D eigenvalue weighted by Gasteiger charge is 2.14. The van der Waals surface area contributed by atoms with Crippen molar-refractivity contribution < 1.29 is 14.6 Å². The quantitative estimate of drug-likeness (QED) is 0.348. The van der Waals surface area contributed by atoms with Crippen molar-refractivity contribution in [3.63, 3.8) is 0 Å². The topological polar surface area (TPSA) is 89.3 Å². The number of hydrogen-bond donors (Lipinski definition) is 2. The van der Waals surface area contributed by atoms with Gasteiger partial charge in [0.15, 0.2) is 0 Å². The molecule has 2 N–H and O–H groups in total. The molecule has 4 rings (SSSR count). The van der Waals surface area contributed by atoms with Gasteiger partial charge >= 0.3 is 5.97 Å². The highest BCUT2D eigenvalue weighted by molar-refractivity contribution is 5.90. The number of carboxylic acid groups (broad SMARTS) is 1. The first-order valence-electron chi connectivity index (χ1n) is 11.4. The molecule has 7 heteroatoms. The molecule has 0 fully saturated rings. The largest absolute Gasteiger partial charge is 0.497 e. The Morgan fingerprint density at radius 1 is 1.12 bits per heavy atom. The van der Waals surface area contributed by atoms with Crippen LogP contribution >= 0.6 is 0 Å². The van der Waals surface area contributed by atoms with Crippen LogP contribution in [0.4, 0.5) is 5.82 Å². The second-order valence-electron chi connectivity index (χ2n) is 8.85. The summed E-state index contributed by atoms with van der Waals surface area (Å²) in [6.45, 7) is 7.72. The maximum absolute atomic E-state index is 11.6. The van der Waals surface area contributed by atoms with E-state index in [0.29, 0.717) is 24.4 Å². The Morgan fingerprint density at radius 3 is 2.68 bits per heavy atom. The number of hydrogen-bond acceptors (Lipinski definition) is 5. The monoisotopic (exact) mass is 458 g/mol. The average Bonchev–Trinajstić information content (AvgIpc) is 3.13. The summed E-state index contributed by atoms with van der Waals surface area (Å²) in [6, 6.07) is 15.6. The van der Waals surface area contributed by atoms with Gasteiger partial charge in [0.1, 0.15) is 17.9 Å². The van der Waals surface area contributed by atoms with Crippen LogP contribution in [0, 0.1) is 12.8 Å². The van der Waals surface area contributed by atoms with Gasteiger partial charge in [0.25, 0.3) is 0 Å². The second kappa shape index (κ2) is 9.95. The Hall–Kier alpha value is -3.87. The molecule has 2 aromatic heterocycles. The molecule has 0 unspecified atom stereocenters. The molecule has 0 saturated heterocycles. The first-order valence-corrected chi connectivity index (χ1v) is 11.4. The van der Waals surface area contributed by atoms with Gasteiger partial charge in [0, 0.05) is 41.9 Å². The van der Waals surface area contributed by atoms with Crippen LogP contribution < -0.4 is 10.1 Å². The third kappa shape index (κ3) is 5.03. The summed E-state index contributed by atoms with van der Waals surface area (Å²) in [7, 11) is 1.68. The fraction of sp³-hybridized carbons (Fsp3) is 0.296. The summed E-state index contributed by atoms with van der Waals surface area (Å²) >= 11 is 0. The van der Waals surface area contributed by atoms with Gasteiger partial charge in [-0.25, -0.2) is 14.8 Å². The lowest BCUT2D eigenvalue weighted by atomic mass is 9.95. The van der Waals surface area contributed by atoms with E-state index in [2.05, 4.69) is 58.8 Å². The summed E-state index contributed by atoms with van der Waals surface area (Å²) in [6.07, 6.45) is 2.23. The zero-order valence-corrected chi connectivity index (χ0v) is 20.0. The number of benzene rings is 2. The van der Waals surface area contributed by atoms with Crippen molar-refractivity contribution in [1.29, 1.82) is 0 Å². The Bertz CT molecular complexity index is 1330.